The number of carboxylic acid groups (broad SMARTS) is 1. The predicted octanol–water partition coefficient (Wildman–Crippen LogP) is 5.60. The van der Waals surface area contributed by atoms with Crippen LogP contribution in [-0.2, 0) is 6.42 Å². The molecule has 22 heavy (non-hydrogen) atoms. The van der Waals surface area contributed by atoms with Crippen molar-refractivity contribution in [2.45, 2.75) is 51.9 Å². The van der Waals surface area contributed by atoms with Gasteiger partial charge in [-0.2, -0.15) is 0 Å². The van der Waals surface area contributed by atoms with E-state index in [0.717, 1.165) is 29.2 Å². The largest absolute Gasteiger partial charge is 0.478 e. The van der Waals surface area contributed by atoms with Gasteiger partial charge in [-0.15, -0.1) is 0 Å². The lowest BCUT2D eigenvalue weighted by Gasteiger charge is -2.10. The number of fused-ring (bicyclic) bond motifs is 1. The maximum atomic E-state index is 11.6. The van der Waals surface area contributed by atoms with Crippen molar-refractivity contribution in [3.8, 4) is 0 Å². The van der Waals surface area contributed by atoms with E-state index in [9.17, 15) is 9.90 Å². The van der Waals surface area contributed by atoms with Crippen molar-refractivity contribution in [2.75, 3.05) is 0 Å². The molecule has 0 unspecified atom stereocenters. The van der Waals surface area contributed by atoms with Crippen molar-refractivity contribution in [1.29, 1.82) is 0 Å². The summed E-state index contributed by atoms with van der Waals surface area (Å²) in [5, 5.41) is 11.4. The molecule has 0 aromatic heterocycles. The maximum absolute atomic E-state index is 11.6. The lowest BCUT2D eigenvalue weighted by atomic mass is 9.95. The zero-order valence-corrected chi connectivity index (χ0v) is 13.5. The summed E-state index contributed by atoms with van der Waals surface area (Å²) >= 11 is 0. The molecule has 2 rings (SSSR count). The number of carboxylic acids is 1. The van der Waals surface area contributed by atoms with E-state index in [1.54, 1.807) is 0 Å². The molecule has 3 nitrogen and oxygen atoms in total. The molecule has 0 fully saturated rings. The van der Waals surface area contributed by atoms with Crippen molar-refractivity contribution < 1.29 is 9.90 Å². The molecule has 2 aromatic rings. The van der Waals surface area contributed by atoms with Gasteiger partial charge < -0.3 is 11.3 Å². The van der Waals surface area contributed by atoms with Crippen LogP contribution in [0.3, 0.4) is 0 Å². The fraction of sp³-hybridized carbons (Fsp3) is 0.421. The molecule has 0 saturated carbocycles. The molecule has 0 spiro atoms. The first kappa shape index (κ1) is 18.2. The molecular formula is C19H27NO2. The van der Waals surface area contributed by atoms with Crippen molar-refractivity contribution in [1.82, 2.24) is 6.15 Å². The van der Waals surface area contributed by atoms with Gasteiger partial charge in [-0.1, -0.05) is 75.4 Å². The molecule has 0 saturated heterocycles. The summed E-state index contributed by atoms with van der Waals surface area (Å²) in [5.41, 5.74) is 1.46. The van der Waals surface area contributed by atoms with Crippen LogP contribution in [0.15, 0.2) is 36.4 Å². The fourth-order valence-electron chi connectivity index (χ4n) is 2.87. The number of benzene rings is 2. The van der Waals surface area contributed by atoms with E-state index in [1.807, 2.05) is 36.4 Å². The molecule has 0 aliphatic carbocycles. The third-order valence-corrected chi connectivity index (χ3v) is 4.03. The average Bonchev–Trinajstić information content (AvgIpc) is 2.50. The topological polar surface area (TPSA) is 72.3 Å². The van der Waals surface area contributed by atoms with E-state index >= 15 is 0 Å². The molecule has 0 heterocycles. The Bertz CT molecular complexity index is 607. The van der Waals surface area contributed by atoms with Crippen LogP contribution >= 0.6 is 0 Å². The molecule has 0 aliphatic heterocycles. The number of unbranched alkanes of at least 4 members (excludes halogenated alkanes) is 5. The highest BCUT2D eigenvalue weighted by molar-refractivity contribution is 6.05. The van der Waals surface area contributed by atoms with Gasteiger partial charge in [-0.25, -0.2) is 4.79 Å². The van der Waals surface area contributed by atoms with Gasteiger partial charge in [0, 0.05) is 0 Å². The number of hydrogen-bond acceptors (Lipinski definition) is 2. The van der Waals surface area contributed by atoms with Gasteiger partial charge in [-0.3, -0.25) is 0 Å². The summed E-state index contributed by atoms with van der Waals surface area (Å²) in [4.78, 5) is 11.6. The number of hydrogen-bond donors (Lipinski definition) is 2. The van der Waals surface area contributed by atoms with Crippen LogP contribution in [0.5, 0.6) is 0 Å². The van der Waals surface area contributed by atoms with Gasteiger partial charge in [0.25, 0.3) is 0 Å². The van der Waals surface area contributed by atoms with Crippen LogP contribution in [0.4, 0.5) is 0 Å². The lowest BCUT2D eigenvalue weighted by molar-refractivity contribution is 0.0698. The van der Waals surface area contributed by atoms with E-state index in [1.165, 1.54) is 32.1 Å². The van der Waals surface area contributed by atoms with Crippen LogP contribution in [0.25, 0.3) is 10.8 Å². The Kier molecular flexibility index (Phi) is 7.61. The Morgan fingerprint density at radius 2 is 1.64 bits per heavy atom. The van der Waals surface area contributed by atoms with Gasteiger partial charge in [0.15, 0.2) is 0 Å². The molecule has 0 aliphatic rings. The molecule has 0 bridgehead atoms. The Hall–Kier alpha value is -1.87. The van der Waals surface area contributed by atoms with Crippen LogP contribution < -0.4 is 6.15 Å². The van der Waals surface area contributed by atoms with Crippen molar-refractivity contribution in [2.24, 2.45) is 0 Å². The lowest BCUT2D eigenvalue weighted by Crippen LogP contribution is -2.04. The standard InChI is InChI=1S/C19H24O2.H3N/c1-2-3-4-5-6-7-11-16-14-13-15-10-8-9-12-17(15)18(16)19(20)21;/h8-10,12-14H,2-7,11H2,1H3,(H,20,21);1H3. The number of aromatic carboxylic acids is 1. The van der Waals surface area contributed by atoms with Gasteiger partial charge in [0.2, 0.25) is 0 Å². The van der Waals surface area contributed by atoms with E-state index in [4.69, 9.17) is 0 Å². The smallest absolute Gasteiger partial charge is 0.336 e. The van der Waals surface area contributed by atoms with Gasteiger partial charge >= 0.3 is 5.97 Å². The third-order valence-electron chi connectivity index (χ3n) is 4.03. The maximum Gasteiger partial charge on any atom is 0.336 e. The van der Waals surface area contributed by atoms with Crippen LogP contribution in [0.2, 0.25) is 0 Å². The van der Waals surface area contributed by atoms with E-state index in [0.29, 0.717) is 5.56 Å². The highest BCUT2D eigenvalue weighted by atomic mass is 16.4. The molecule has 0 amide bonds. The van der Waals surface area contributed by atoms with E-state index in [2.05, 4.69) is 6.92 Å². The second-order valence-electron chi connectivity index (χ2n) is 5.64. The van der Waals surface area contributed by atoms with Crippen LogP contribution in [-0.4, -0.2) is 11.1 Å². The minimum Gasteiger partial charge on any atom is -0.478 e. The number of rotatable bonds is 8. The summed E-state index contributed by atoms with van der Waals surface area (Å²) < 4.78 is 0. The Balaban J connectivity index is 0.00000242. The molecule has 2 aromatic carbocycles. The second kappa shape index (κ2) is 9.21. The molecular weight excluding hydrogens is 274 g/mol. The highest BCUT2D eigenvalue weighted by Crippen LogP contribution is 2.24. The predicted molar refractivity (Wildman–Crippen MR) is 93.0 cm³/mol. The molecule has 120 valence electrons. The highest BCUT2D eigenvalue weighted by Gasteiger charge is 2.13. The molecule has 3 heteroatoms. The average molecular weight is 301 g/mol. The third kappa shape index (κ3) is 4.57. The Morgan fingerprint density at radius 1 is 0.955 bits per heavy atom. The summed E-state index contributed by atoms with van der Waals surface area (Å²) in [5.74, 6) is -0.812. The normalized spacial score (nSPS) is 10.4. The zero-order valence-electron chi connectivity index (χ0n) is 13.5. The Morgan fingerprint density at radius 3 is 2.36 bits per heavy atom. The minimum atomic E-state index is -0.812. The summed E-state index contributed by atoms with van der Waals surface area (Å²) in [6.45, 7) is 2.22. The quantitative estimate of drug-likeness (QED) is 0.623. The van der Waals surface area contributed by atoms with Crippen molar-refractivity contribution >= 4 is 16.7 Å². The van der Waals surface area contributed by atoms with Gasteiger partial charge in [-0.05, 0) is 29.2 Å². The minimum absolute atomic E-state index is 0. The second-order valence-corrected chi connectivity index (χ2v) is 5.64. The van der Waals surface area contributed by atoms with E-state index in [-0.39, 0.29) is 6.15 Å². The summed E-state index contributed by atoms with van der Waals surface area (Å²) in [7, 11) is 0. The molecule has 4 N–H and O–H groups in total. The van der Waals surface area contributed by atoms with Gasteiger partial charge in [0.1, 0.15) is 0 Å². The molecule has 0 atom stereocenters. The number of aryl methyl sites for hydroxylation is 1. The van der Waals surface area contributed by atoms with Crippen molar-refractivity contribution in [3.63, 3.8) is 0 Å². The first-order chi connectivity index (χ1) is 10.2. The first-order valence-corrected chi connectivity index (χ1v) is 7.98. The monoisotopic (exact) mass is 301 g/mol. The summed E-state index contributed by atoms with van der Waals surface area (Å²) in [6, 6.07) is 11.7. The number of carbonyl (C=O) groups is 1. The summed E-state index contributed by atoms with van der Waals surface area (Å²) in [6.07, 6.45) is 8.22. The molecule has 0 radical (unpaired) electrons. The van der Waals surface area contributed by atoms with Crippen molar-refractivity contribution in [3.05, 3.63) is 47.5 Å². The van der Waals surface area contributed by atoms with Crippen LogP contribution in [0.1, 0.15) is 61.4 Å². The SMILES string of the molecule is CCCCCCCCc1ccc2ccccc2c1C(=O)O.N. The fourth-order valence-corrected chi connectivity index (χ4v) is 2.87. The Labute approximate surface area is 132 Å². The van der Waals surface area contributed by atoms with Crippen LogP contribution in [0, 0.1) is 0 Å². The van der Waals surface area contributed by atoms with E-state index < -0.39 is 5.97 Å². The zero-order chi connectivity index (χ0) is 15.1. The van der Waals surface area contributed by atoms with Gasteiger partial charge in [0.05, 0.1) is 5.56 Å². The first-order valence-electron chi connectivity index (χ1n) is 7.98.